The van der Waals surface area contributed by atoms with Gasteiger partial charge in [0.2, 0.25) is 0 Å². The third-order valence-electron chi connectivity index (χ3n) is 1.28. The second-order valence-corrected chi connectivity index (χ2v) is 2.97. The van der Waals surface area contributed by atoms with E-state index in [0.29, 0.717) is 17.6 Å². The quantitative estimate of drug-likeness (QED) is 0.454. The first-order valence-electron chi connectivity index (χ1n) is 3.23. The minimum Gasteiger partial charge on any atom is -0.337 e. The zero-order valence-corrected chi connectivity index (χ0v) is 8.00. The van der Waals surface area contributed by atoms with Crippen LogP contribution in [0.4, 0.5) is 0 Å². The highest BCUT2D eigenvalue weighted by molar-refractivity contribution is 9.10. The van der Waals surface area contributed by atoms with Crippen LogP contribution in [0.3, 0.4) is 0 Å². The molecule has 1 rings (SSSR count). The first-order valence-corrected chi connectivity index (χ1v) is 4.02. The second kappa shape index (κ2) is 4.23. The number of halogens is 1. The fraction of sp³-hybridized carbons (Fsp3) is 0.125. The van der Waals surface area contributed by atoms with Crippen LogP contribution in [-0.4, -0.2) is 13.4 Å². The Kier molecular flexibility index (Phi) is 3.25. The van der Waals surface area contributed by atoms with Gasteiger partial charge in [-0.05, 0) is 18.2 Å². The van der Waals surface area contributed by atoms with Gasteiger partial charge < -0.3 is 4.89 Å². The average molecular weight is 231 g/mol. The molecule has 1 aromatic rings. The summed E-state index contributed by atoms with van der Waals surface area (Å²) in [6.07, 6.45) is 0.709. The monoisotopic (exact) mass is 230 g/mol. The molecule has 3 nitrogen and oxygen atoms in total. The Morgan fingerprint density at radius 1 is 1.50 bits per heavy atom. The molecule has 0 heterocycles. The van der Waals surface area contributed by atoms with Crippen molar-refractivity contribution in [3.63, 3.8) is 0 Å². The fourth-order valence-electron chi connectivity index (χ4n) is 0.768. The molecular formula is C8H7BrO3. The standard InChI is InChI=1S/C8H7BrO3/c1-11-12-8-4-7(9)3-2-6(8)5-10/h2-5H,1H3. The summed E-state index contributed by atoms with van der Waals surface area (Å²) in [4.78, 5) is 19.7. The van der Waals surface area contributed by atoms with Gasteiger partial charge in [-0.2, -0.15) is 4.89 Å². The van der Waals surface area contributed by atoms with Crippen LogP contribution in [0.1, 0.15) is 10.4 Å². The lowest BCUT2D eigenvalue weighted by molar-refractivity contribution is -0.178. The van der Waals surface area contributed by atoms with Gasteiger partial charge in [0.15, 0.2) is 12.0 Å². The van der Waals surface area contributed by atoms with Crippen LogP contribution in [0, 0.1) is 0 Å². The van der Waals surface area contributed by atoms with Crippen LogP contribution in [0.25, 0.3) is 0 Å². The molecular weight excluding hydrogens is 224 g/mol. The molecule has 4 heteroatoms. The van der Waals surface area contributed by atoms with Gasteiger partial charge in [0.05, 0.1) is 12.7 Å². The fourth-order valence-corrected chi connectivity index (χ4v) is 1.11. The van der Waals surface area contributed by atoms with E-state index < -0.39 is 0 Å². The van der Waals surface area contributed by atoms with Crippen molar-refractivity contribution in [1.29, 1.82) is 0 Å². The first-order chi connectivity index (χ1) is 5.77. The van der Waals surface area contributed by atoms with Gasteiger partial charge in [-0.15, -0.1) is 0 Å². The summed E-state index contributed by atoms with van der Waals surface area (Å²) >= 11 is 3.24. The molecule has 1 aromatic carbocycles. The highest BCUT2D eigenvalue weighted by Crippen LogP contribution is 2.22. The van der Waals surface area contributed by atoms with E-state index in [1.807, 2.05) is 0 Å². The number of rotatable bonds is 3. The van der Waals surface area contributed by atoms with Gasteiger partial charge >= 0.3 is 0 Å². The van der Waals surface area contributed by atoms with E-state index in [-0.39, 0.29) is 0 Å². The Balaban J connectivity index is 3.03. The number of hydrogen-bond acceptors (Lipinski definition) is 3. The zero-order valence-electron chi connectivity index (χ0n) is 6.41. The number of aldehydes is 1. The first kappa shape index (κ1) is 9.22. The van der Waals surface area contributed by atoms with Crippen molar-refractivity contribution in [3.05, 3.63) is 28.2 Å². The summed E-state index contributed by atoms with van der Waals surface area (Å²) < 4.78 is 0.833. The average Bonchev–Trinajstić information content (AvgIpc) is 2.05. The smallest absolute Gasteiger partial charge is 0.176 e. The summed E-state index contributed by atoms with van der Waals surface area (Å²) in [5.74, 6) is 0.405. The van der Waals surface area contributed by atoms with E-state index >= 15 is 0 Å². The normalized spacial score (nSPS) is 9.50. The summed E-state index contributed by atoms with van der Waals surface area (Å²) in [5, 5.41) is 0. The molecule has 0 aliphatic carbocycles. The molecule has 0 unspecified atom stereocenters. The Hall–Kier alpha value is -0.870. The molecule has 0 spiro atoms. The van der Waals surface area contributed by atoms with Gasteiger partial charge in [0, 0.05) is 4.47 Å². The molecule has 0 N–H and O–H groups in total. The topological polar surface area (TPSA) is 35.5 Å². The van der Waals surface area contributed by atoms with Crippen molar-refractivity contribution in [1.82, 2.24) is 0 Å². The predicted molar refractivity (Wildman–Crippen MR) is 47.2 cm³/mol. The van der Waals surface area contributed by atoms with E-state index in [1.54, 1.807) is 18.2 Å². The van der Waals surface area contributed by atoms with Gasteiger partial charge in [-0.25, -0.2) is 0 Å². The van der Waals surface area contributed by atoms with Gasteiger partial charge in [0.25, 0.3) is 0 Å². The van der Waals surface area contributed by atoms with Crippen molar-refractivity contribution in [2.24, 2.45) is 0 Å². The molecule has 12 heavy (non-hydrogen) atoms. The Morgan fingerprint density at radius 3 is 2.83 bits per heavy atom. The third kappa shape index (κ3) is 2.06. The van der Waals surface area contributed by atoms with Crippen LogP contribution in [0.2, 0.25) is 0 Å². The van der Waals surface area contributed by atoms with Crippen molar-refractivity contribution < 1.29 is 14.6 Å². The summed E-state index contributed by atoms with van der Waals surface area (Å²) in [6.45, 7) is 0. The van der Waals surface area contributed by atoms with Crippen molar-refractivity contribution in [2.45, 2.75) is 0 Å². The molecule has 0 aliphatic heterocycles. The number of carbonyl (C=O) groups is 1. The van der Waals surface area contributed by atoms with E-state index in [4.69, 9.17) is 4.89 Å². The van der Waals surface area contributed by atoms with Crippen LogP contribution in [0.5, 0.6) is 5.75 Å². The van der Waals surface area contributed by atoms with Crippen LogP contribution in [0.15, 0.2) is 22.7 Å². The van der Waals surface area contributed by atoms with Crippen LogP contribution >= 0.6 is 15.9 Å². The Morgan fingerprint density at radius 2 is 2.25 bits per heavy atom. The predicted octanol–water partition coefficient (Wildman–Crippen LogP) is 2.20. The minimum absolute atomic E-state index is 0.405. The lowest BCUT2D eigenvalue weighted by Crippen LogP contribution is -1.94. The molecule has 64 valence electrons. The Bertz CT molecular complexity index is 286. The molecule has 0 atom stereocenters. The summed E-state index contributed by atoms with van der Waals surface area (Å²) in [7, 11) is 1.38. The van der Waals surface area contributed by atoms with E-state index in [9.17, 15) is 4.79 Å². The van der Waals surface area contributed by atoms with Crippen LogP contribution < -0.4 is 4.89 Å². The molecule has 0 aromatic heterocycles. The maximum Gasteiger partial charge on any atom is 0.176 e. The number of hydrogen-bond donors (Lipinski definition) is 0. The molecule has 0 aliphatic rings. The minimum atomic E-state index is 0.405. The Labute approximate surface area is 78.3 Å². The number of carbonyl (C=O) groups excluding carboxylic acids is 1. The molecule has 0 saturated heterocycles. The lowest BCUT2D eigenvalue weighted by Gasteiger charge is -2.03. The van der Waals surface area contributed by atoms with Gasteiger partial charge in [-0.1, -0.05) is 15.9 Å². The van der Waals surface area contributed by atoms with E-state index in [0.717, 1.165) is 4.47 Å². The van der Waals surface area contributed by atoms with Crippen LogP contribution in [-0.2, 0) is 4.89 Å². The van der Waals surface area contributed by atoms with Gasteiger partial charge in [0.1, 0.15) is 0 Å². The van der Waals surface area contributed by atoms with Crippen molar-refractivity contribution in [2.75, 3.05) is 7.11 Å². The maximum absolute atomic E-state index is 10.5. The third-order valence-corrected chi connectivity index (χ3v) is 1.77. The molecule has 0 fully saturated rings. The SMILES string of the molecule is COOc1cc(Br)ccc1C=O. The van der Waals surface area contributed by atoms with Gasteiger partial charge in [-0.3, -0.25) is 4.79 Å². The lowest BCUT2D eigenvalue weighted by atomic mass is 10.2. The molecule has 0 saturated carbocycles. The van der Waals surface area contributed by atoms with E-state index in [1.165, 1.54) is 7.11 Å². The molecule has 0 bridgehead atoms. The molecule has 0 amide bonds. The maximum atomic E-state index is 10.5. The summed E-state index contributed by atoms with van der Waals surface area (Å²) in [6, 6.07) is 5.06. The van der Waals surface area contributed by atoms with E-state index in [2.05, 4.69) is 20.8 Å². The largest absolute Gasteiger partial charge is 0.337 e. The summed E-state index contributed by atoms with van der Waals surface area (Å²) in [5.41, 5.74) is 0.458. The highest BCUT2D eigenvalue weighted by Gasteiger charge is 2.03. The molecule has 0 radical (unpaired) electrons. The van der Waals surface area contributed by atoms with Crippen molar-refractivity contribution in [3.8, 4) is 5.75 Å². The van der Waals surface area contributed by atoms with Crippen molar-refractivity contribution >= 4 is 22.2 Å². The number of benzene rings is 1. The highest BCUT2D eigenvalue weighted by atomic mass is 79.9. The second-order valence-electron chi connectivity index (χ2n) is 2.05. The zero-order chi connectivity index (χ0) is 8.97.